The number of nitrogens with one attached hydrogen (secondary N) is 1. The lowest BCUT2D eigenvalue weighted by Crippen LogP contribution is -2.36. The summed E-state index contributed by atoms with van der Waals surface area (Å²) in [6, 6.07) is 9.57. The van der Waals surface area contributed by atoms with Gasteiger partial charge in [0.2, 0.25) is 5.71 Å². The summed E-state index contributed by atoms with van der Waals surface area (Å²) >= 11 is 0. The highest BCUT2D eigenvalue weighted by molar-refractivity contribution is 6.06. The van der Waals surface area contributed by atoms with Crippen LogP contribution in [0.3, 0.4) is 0 Å². The van der Waals surface area contributed by atoms with Gasteiger partial charge in [0.15, 0.2) is 0 Å². The lowest BCUT2D eigenvalue weighted by Gasteiger charge is -2.30. The van der Waals surface area contributed by atoms with E-state index >= 15 is 0 Å². The molecule has 1 aromatic carbocycles. The molecular formula is C25H24FN5O4. The Morgan fingerprint density at radius 1 is 1.14 bits per heavy atom. The molecule has 9 nitrogen and oxygen atoms in total. The highest BCUT2D eigenvalue weighted by atomic mass is 19.1. The first-order valence-corrected chi connectivity index (χ1v) is 11.4. The van der Waals surface area contributed by atoms with Gasteiger partial charge >= 0.3 is 6.09 Å². The van der Waals surface area contributed by atoms with Crippen LogP contribution >= 0.6 is 0 Å². The largest absolute Gasteiger partial charge is 0.450 e. The number of furan rings is 1. The topological polar surface area (TPSA) is 114 Å². The normalized spacial score (nSPS) is 14.3. The molecule has 10 heteroatoms. The molecule has 3 aromatic heterocycles. The quantitative estimate of drug-likeness (QED) is 0.428. The Balaban J connectivity index is 1.62. The zero-order chi connectivity index (χ0) is 24.4. The maximum atomic E-state index is 13.7. The molecule has 0 aliphatic carbocycles. The first-order chi connectivity index (χ1) is 17.0. The van der Waals surface area contributed by atoms with Gasteiger partial charge in [0, 0.05) is 30.4 Å². The number of benzene rings is 1. The van der Waals surface area contributed by atoms with Crippen LogP contribution in [0.5, 0.6) is 0 Å². The summed E-state index contributed by atoms with van der Waals surface area (Å²) in [6.07, 6.45) is 3.40. The Bertz CT molecular complexity index is 1330. The molecule has 1 amide bonds. The third-order valence-corrected chi connectivity index (χ3v) is 5.90. The summed E-state index contributed by atoms with van der Waals surface area (Å²) in [5, 5.41) is 13.2. The van der Waals surface area contributed by atoms with Crippen LogP contribution in [0.1, 0.15) is 19.8 Å². The minimum absolute atomic E-state index is 0.253. The van der Waals surface area contributed by atoms with Crippen LogP contribution in [0.4, 0.5) is 20.8 Å². The highest BCUT2D eigenvalue weighted by Crippen LogP contribution is 2.43. The van der Waals surface area contributed by atoms with Gasteiger partial charge in [-0.2, -0.15) is 0 Å². The van der Waals surface area contributed by atoms with Gasteiger partial charge in [-0.25, -0.2) is 24.1 Å². The molecule has 1 aliphatic heterocycles. The van der Waals surface area contributed by atoms with E-state index in [1.54, 1.807) is 37.4 Å². The number of nitrogens with zero attached hydrogens (tertiary/aromatic N) is 4. The van der Waals surface area contributed by atoms with Gasteiger partial charge in [0.25, 0.3) is 0 Å². The monoisotopic (exact) mass is 477 g/mol. The lowest BCUT2D eigenvalue weighted by molar-refractivity contribution is 0.145. The molecule has 0 saturated carbocycles. The van der Waals surface area contributed by atoms with E-state index in [1.807, 2.05) is 0 Å². The Morgan fingerprint density at radius 3 is 2.57 bits per heavy atom. The number of piperidine rings is 1. The van der Waals surface area contributed by atoms with E-state index in [2.05, 4.69) is 25.2 Å². The third-order valence-electron chi connectivity index (χ3n) is 5.90. The summed E-state index contributed by atoms with van der Waals surface area (Å²) in [5.41, 5.74) is 2.50. The van der Waals surface area contributed by atoms with Crippen LogP contribution in [-0.4, -0.2) is 52.0 Å². The lowest BCUT2D eigenvalue weighted by atomic mass is 9.99. The molecule has 4 heterocycles. The average Bonchev–Trinajstić information content (AvgIpc) is 3.25. The van der Waals surface area contributed by atoms with Crippen molar-refractivity contribution < 1.29 is 23.4 Å². The second-order valence-corrected chi connectivity index (χ2v) is 8.19. The molecule has 1 aliphatic rings. The number of anilines is 2. The van der Waals surface area contributed by atoms with Gasteiger partial charge in [-0.15, -0.1) is 0 Å². The molecule has 0 atom stereocenters. The third kappa shape index (κ3) is 4.65. The Hall–Kier alpha value is -4.05. The molecule has 4 aromatic rings. The van der Waals surface area contributed by atoms with E-state index in [4.69, 9.17) is 9.15 Å². The van der Waals surface area contributed by atoms with Crippen molar-refractivity contribution in [1.82, 2.24) is 15.0 Å². The Labute approximate surface area is 200 Å². The molecule has 1 fully saturated rings. The second kappa shape index (κ2) is 9.67. The number of hydrogen-bond donors (Lipinski definition) is 2. The molecule has 0 spiro atoms. The first-order valence-electron chi connectivity index (χ1n) is 11.4. The molecule has 0 unspecified atom stereocenters. The van der Waals surface area contributed by atoms with Crippen molar-refractivity contribution in [3.63, 3.8) is 0 Å². The maximum Gasteiger partial charge on any atom is 0.412 e. The molecule has 2 N–H and O–H groups in total. The number of carbonyl (C=O) groups is 1. The number of aliphatic hydroxyl groups excluding tert-OH is 1. The summed E-state index contributed by atoms with van der Waals surface area (Å²) < 4.78 is 24.8. The molecular weight excluding hydrogens is 453 g/mol. The van der Waals surface area contributed by atoms with Gasteiger partial charge < -0.3 is 19.2 Å². The van der Waals surface area contributed by atoms with Crippen molar-refractivity contribution in [2.75, 3.05) is 29.9 Å². The molecule has 1 saturated heterocycles. The van der Waals surface area contributed by atoms with Crippen LogP contribution in [0.2, 0.25) is 0 Å². The first kappa shape index (κ1) is 22.7. The fourth-order valence-electron chi connectivity index (χ4n) is 4.20. The summed E-state index contributed by atoms with van der Waals surface area (Å²) in [6.45, 7) is 3.26. The number of aromatic nitrogens is 3. The van der Waals surface area contributed by atoms with Crippen LogP contribution in [0.15, 0.2) is 53.3 Å². The average molecular weight is 477 g/mol. The van der Waals surface area contributed by atoms with Crippen LogP contribution in [-0.2, 0) is 4.74 Å². The van der Waals surface area contributed by atoms with Crippen molar-refractivity contribution in [3.05, 3.63) is 54.7 Å². The van der Waals surface area contributed by atoms with E-state index in [0.29, 0.717) is 60.0 Å². The fraction of sp³-hybridized carbons (Fsp3) is 0.280. The van der Waals surface area contributed by atoms with E-state index in [1.165, 1.54) is 18.5 Å². The molecule has 5 rings (SSSR count). The Kier molecular flexibility index (Phi) is 6.28. The molecule has 180 valence electrons. The van der Waals surface area contributed by atoms with Crippen molar-refractivity contribution in [2.45, 2.75) is 25.9 Å². The number of fused-ring (bicyclic) bond motifs is 1. The fourth-order valence-corrected chi connectivity index (χ4v) is 4.20. The van der Waals surface area contributed by atoms with Crippen molar-refractivity contribution in [2.24, 2.45) is 0 Å². The number of hydrogen-bond acceptors (Lipinski definition) is 8. The number of carbonyl (C=O) groups excluding carboxylic acids is 1. The van der Waals surface area contributed by atoms with Crippen LogP contribution in [0.25, 0.3) is 33.6 Å². The van der Waals surface area contributed by atoms with E-state index in [-0.39, 0.29) is 18.5 Å². The summed E-state index contributed by atoms with van der Waals surface area (Å²) in [4.78, 5) is 27.0. The number of aliphatic hydroxyl groups is 1. The zero-order valence-electron chi connectivity index (χ0n) is 19.1. The van der Waals surface area contributed by atoms with Gasteiger partial charge in [0.05, 0.1) is 18.1 Å². The number of pyridine rings is 1. The number of rotatable bonds is 5. The van der Waals surface area contributed by atoms with Crippen LogP contribution < -0.4 is 10.2 Å². The number of ether oxygens (including phenoxy) is 1. The summed E-state index contributed by atoms with van der Waals surface area (Å²) in [5.74, 6) is 1.19. The number of halogens is 1. The zero-order valence-corrected chi connectivity index (χ0v) is 19.1. The molecule has 35 heavy (non-hydrogen) atoms. The van der Waals surface area contributed by atoms with Crippen molar-refractivity contribution >= 4 is 28.8 Å². The molecule has 0 bridgehead atoms. The standard InChI is InChI=1S/C25H24FN5O4/c1-2-34-25(33)30-19-8-5-16(13-27-19)22-20(15-3-6-17(26)7-4-15)21-23(28-14-29-24(21)35-22)31-11-9-18(32)10-12-31/h3-8,13-14,18,32H,2,9-12H2,1H3,(H,27,30,33). The highest BCUT2D eigenvalue weighted by Gasteiger charge is 2.27. The smallest absolute Gasteiger partial charge is 0.412 e. The second-order valence-electron chi connectivity index (χ2n) is 8.19. The van der Waals surface area contributed by atoms with E-state index in [9.17, 15) is 14.3 Å². The van der Waals surface area contributed by atoms with Crippen molar-refractivity contribution in [3.8, 4) is 22.5 Å². The van der Waals surface area contributed by atoms with Gasteiger partial charge in [-0.1, -0.05) is 12.1 Å². The van der Waals surface area contributed by atoms with Crippen molar-refractivity contribution in [1.29, 1.82) is 0 Å². The van der Waals surface area contributed by atoms with E-state index in [0.717, 1.165) is 11.1 Å². The predicted octanol–water partition coefficient (Wildman–Crippen LogP) is 4.62. The minimum Gasteiger partial charge on any atom is -0.450 e. The maximum absolute atomic E-state index is 13.7. The SMILES string of the molecule is CCOC(=O)Nc1ccc(-c2oc3ncnc(N4CCC(O)CC4)c3c2-c2ccc(F)cc2)cn1. The minimum atomic E-state index is -0.588. The predicted molar refractivity (Wildman–Crippen MR) is 129 cm³/mol. The van der Waals surface area contributed by atoms with Crippen LogP contribution in [0, 0.1) is 5.82 Å². The Morgan fingerprint density at radius 2 is 1.89 bits per heavy atom. The van der Waals surface area contributed by atoms with E-state index < -0.39 is 6.09 Å². The number of amides is 1. The summed E-state index contributed by atoms with van der Waals surface area (Å²) in [7, 11) is 0. The molecule has 0 radical (unpaired) electrons. The van der Waals surface area contributed by atoms with Gasteiger partial charge in [-0.3, -0.25) is 5.32 Å². The van der Waals surface area contributed by atoms with Gasteiger partial charge in [-0.05, 0) is 49.6 Å². The van der Waals surface area contributed by atoms with Gasteiger partial charge in [0.1, 0.15) is 29.5 Å².